The zero-order valence-corrected chi connectivity index (χ0v) is 16.5. The van der Waals surface area contributed by atoms with Gasteiger partial charge in [0.25, 0.3) is 5.91 Å². The number of hydrogen-bond donors (Lipinski definition) is 1. The van der Waals surface area contributed by atoms with Gasteiger partial charge in [-0.1, -0.05) is 42.0 Å². The Kier molecular flexibility index (Phi) is 5.80. The molecule has 6 heteroatoms. The lowest BCUT2D eigenvalue weighted by molar-refractivity contribution is 0.102. The van der Waals surface area contributed by atoms with Crippen LogP contribution >= 0.6 is 0 Å². The minimum absolute atomic E-state index is 0.0535. The number of hydrogen-bond acceptors (Lipinski definition) is 4. The van der Waals surface area contributed by atoms with Crippen molar-refractivity contribution in [1.82, 2.24) is 0 Å². The van der Waals surface area contributed by atoms with Crippen LogP contribution in [-0.4, -0.2) is 20.6 Å². The summed E-state index contributed by atoms with van der Waals surface area (Å²) in [6.45, 7) is 2.00. The lowest BCUT2D eigenvalue weighted by Crippen LogP contribution is -2.12. The predicted molar refractivity (Wildman–Crippen MR) is 111 cm³/mol. The SMILES string of the molecule is Cc1ccc(Oc2ccccc2NC(=O)c2ccc(CS(C)(=O)=O)cc2)cc1. The molecule has 0 saturated heterocycles. The summed E-state index contributed by atoms with van der Waals surface area (Å²) in [4.78, 5) is 12.6. The van der Waals surface area contributed by atoms with Gasteiger partial charge in [0.1, 0.15) is 5.75 Å². The normalized spacial score (nSPS) is 11.1. The molecular weight excluding hydrogens is 374 g/mol. The molecule has 0 aliphatic rings. The molecule has 0 unspecified atom stereocenters. The number of anilines is 1. The topological polar surface area (TPSA) is 72.5 Å². The van der Waals surface area contributed by atoms with Gasteiger partial charge in [-0.2, -0.15) is 0 Å². The Morgan fingerprint density at radius 2 is 1.57 bits per heavy atom. The highest BCUT2D eigenvalue weighted by Gasteiger charge is 2.11. The highest BCUT2D eigenvalue weighted by Crippen LogP contribution is 2.29. The summed E-state index contributed by atoms with van der Waals surface area (Å²) in [5, 5.41) is 2.84. The summed E-state index contributed by atoms with van der Waals surface area (Å²) in [7, 11) is -3.11. The van der Waals surface area contributed by atoms with E-state index in [0.29, 0.717) is 28.3 Å². The average Bonchev–Trinajstić information content (AvgIpc) is 2.64. The van der Waals surface area contributed by atoms with E-state index in [-0.39, 0.29) is 11.7 Å². The van der Waals surface area contributed by atoms with Crippen molar-refractivity contribution in [3.63, 3.8) is 0 Å². The molecule has 3 aromatic carbocycles. The number of nitrogens with one attached hydrogen (secondary N) is 1. The van der Waals surface area contributed by atoms with Crippen LogP contribution in [0.5, 0.6) is 11.5 Å². The van der Waals surface area contributed by atoms with Gasteiger partial charge in [-0.15, -0.1) is 0 Å². The van der Waals surface area contributed by atoms with Crippen molar-refractivity contribution >= 4 is 21.4 Å². The fraction of sp³-hybridized carbons (Fsp3) is 0.136. The molecule has 3 aromatic rings. The van der Waals surface area contributed by atoms with Gasteiger partial charge < -0.3 is 10.1 Å². The number of carbonyl (C=O) groups excluding carboxylic acids is 1. The Balaban J connectivity index is 1.74. The first-order valence-electron chi connectivity index (χ1n) is 8.72. The maximum absolute atomic E-state index is 12.6. The Bertz CT molecular complexity index is 1070. The van der Waals surface area contributed by atoms with Crippen molar-refractivity contribution in [2.75, 3.05) is 11.6 Å². The molecule has 3 rings (SSSR count). The van der Waals surface area contributed by atoms with E-state index in [9.17, 15) is 13.2 Å². The van der Waals surface area contributed by atoms with Crippen molar-refractivity contribution in [1.29, 1.82) is 0 Å². The van der Waals surface area contributed by atoms with E-state index in [1.807, 2.05) is 43.3 Å². The number of benzene rings is 3. The second-order valence-electron chi connectivity index (χ2n) is 6.63. The Labute approximate surface area is 164 Å². The van der Waals surface area contributed by atoms with Gasteiger partial charge in [0.15, 0.2) is 15.6 Å². The molecule has 0 aliphatic carbocycles. The highest BCUT2D eigenvalue weighted by atomic mass is 32.2. The average molecular weight is 395 g/mol. The molecule has 1 amide bonds. The van der Waals surface area contributed by atoms with E-state index >= 15 is 0 Å². The standard InChI is InChI=1S/C22H21NO4S/c1-16-7-13-19(14-8-16)27-21-6-4-3-5-20(21)23-22(24)18-11-9-17(10-12-18)15-28(2,25)26/h3-14H,15H2,1-2H3,(H,23,24). The van der Waals surface area contributed by atoms with Crippen molar-refractivity contribution in [2.45, 2.75) is 12.7 Å². The molecule has 1 N–H and O–H groups in total. The molecule has 144 valence electrons. The summed E-state index contributed by atoms with van der Waals surface area (Å²) < 4.78 is 28.6. The van der Waals surface area contributed by atoms with Gasteiger partial charge in [-0.05, 0) is 48.9 Å². The molecule has 28 heavy (non-hydrogen) atoms. The lowest BCUT2D eigenvalue weighted by atomic mass is 10.1. The molecule has 0 saturated carbocycles. The van der Waals surface area contributed by atoms with Crippen LogP contribution in [0.1, 0.15) is 21.5 Å². The third-order valence-corrected chi connectivity index (χ3v) is 4.89. The maximum atomic E-state index is 12.6. The molecule has 0 heterocycles. The van der Waals surface area contributed by atoms with E-state index in [1.165, 1.54) is 6.26 Å². The zero-order valence-electron chi connectivity index (χ0n) is 15.7. The first kappa shape index (κ1) is 19.6. The third kappa shape index (κ3) is 5.44. The summed E-state index contributed by atoms with van der Waals surface area (Å²) in [6, 6.07) is 21.3. The summed E-state index contributed by atoms with van der Waals surface area (Å²) in [5.74, 6) is 0.860. The lowest BCUT2D eigenvalue weighted by Gasteiger charge is -2.12. The van der Waals surface area contributed by atoms with E-state index in [1.54, 1.807) is 36.4 Å². The van der Waals surface area contributed by atoms with Crippen molar-refractivity contribution < 1.29 is 17.9 Å². The minimum atomic E-state index is -3.11. The number of para-hydroxylation sites is 2. The molecule has 0 aliphatic heterocycles. The van der Waals surface area contributed by atoms with Crippen LogP contribution < -0.4 is 10.1 Å². The van der Waals surface area contributed by atoms with Crippen LogP contribution in [0.15, 0.2) is 72.8 Å². The van der Waals surface area contributed by atoms with Crippen LogP contribution in [0.25, 0.3) is 0 Å². The smallest absolute Gasteiger partial charge is 0.255 e. The van der Waals surface area contributed by atoms with Crippen LogP contribution in [0.2, 0.25) is 0 Å². The monoisotopic (exact) mass is 395 g/mol. The Morgan fingerprint density at radius 3 is 2.21 bits per heavy atom. The van der Waals surface area contributed by atoms with E-state index in [0.717, 1.165) is 5.56 Å². The van der Waals surface area contributed by atoms with Crippen molar-refractivity contribution in [3.8, 4) is 11.5 Å². The second-order valence-corrected chi connectivity index (χ2v) is 8.77. The van der Waals surface area contributed by atoms with E-state index in [2.05, 4.69) is 5.32 Å². The molecule has 0 bridgehead atoms. The Hall–Kier alpha value is -3.12. The fourth-order valence-corrected chi connectivity index (χ4v) is 3.44. The Morgan fingerprint density at radius 1 is 0.929 bits per heavy atom. The van der Waals surface area contributed by atoms with Gasteiger partial charge in [-0.25, -0.2) is 8.42 Å². The first-order chi connectivity index (χ1) is 13.3. The van der Waals surface area contributed by atoms with Crippen LogP contribution in [0.3, 0.4) is 0 Å². The highest BCUT2D eigenvalue weighted by molar-refractivity contribution is 7.89. The second kappa shape index (κ2) is 8.27. The number of sulfone groups is 1. The van der Waals surface area contributed by atoms with Gasteiger partial charge >= 0.3 is 0 Å². The van der Waals surface area contributed by atoms with E-state index in [4.69, 9.17) is 4.74 Å². The maximum Gasteiger partial charge on any atom is 0.255 e. The van der Waals surface area contributed by atoms with E-state index < -0.39 is 9.84 Å². The molecule has 0 fully saturated rings. The van der Waals surface area contributed by atoms with Gasteiger partial charge in [0.05, 0.1) is 11.4 Å². The molecular formula is C22H21NO4S. The summed E-state index contributed by atoms with van der Waals surface area (Å²) >= 11 is 0. The quantitative estimate of drug-likeness (QED) is 0.663. The van der Waals surface area contributed by atoms with Crippen LogP contribution in [0, 0.1) is 6.92 Å². The van der Waals surface area contributed by atoms with Gasteiger partial charge in [-0.3, -0.25) is 4.79 Å². The number of aryl methyl sites for hydroxylation is 1. The number of carbonyl (C=O) groups is 1. The van der Waals surface area contributed by atoms with Crippen LogP contribution in [0.4, 0.5) is 5.69 Å². The largest absolute Gasteiger partial charge is 0.455 e. The minimum Gasteiger partial charge on any atom is -0.455 e. The molecule has 0 radical (unpaired) electrons. The number of rotatable bonds is 6. The number of ether oxygens (including phenoxy) is 1. The summed E-state index contributed by atoms with van der Waals surface area (Å²) in [6.07, 6.45) is 1.18. The van der Waals surface area contributed by atoms with Gasteiger partial charge in [0, 0.05) is 11.8 Å². The summed E-state index contributed by atoms with van der Waals surface area (Å²) in [5.41, 5.74) is 2.76. The van der Waals surface area contributed by atoms with Gasteiger partial charge in [0.2, 0.25) is 0 Å². The molecule has 0 spiro atoms. The van der Waals surface area contributed by atoms with Crippen molar-refractivity contribution in [2.24, 2.45) is 0 Å². The van der Waals surface area contributed by atoms with Crippen molar-refractivity contribution in [3.05, 3.63) is 89.5 Å². The third-order valence-electron chi connectivity index (χ3n) is 4.03. The zero-order chi connectivity index (χ0) is 20.1. The molecule has 5 nitrogen and oxygen atoms in total. The molecule has 0 aromatic heterocycles. The van der Waals surface area contributed by atoms with Crippen LogP contribution in [-0.2, 0) is 15.6 Å². The number of amides is 1. The predicted octanol–water partition coefficient (Wildman–Crippen LogP) is 4.58. The first-order valence-corrected chi connectivity index (χ1v) is 10.8. The fourth-order valence-electron chi connectivity index (χ4n) is 2.64. The molecule has 0 atom stereocenters.